The maximum atomic E-state index is 5.60. The van der Waals surface area contributed by atoms with Crippen molar-refractivity contribution in [1.29, 1.82) is 0 Å². The van der Waals surface area contributed by atoms with Crippen LogP contribution in [0.15, 0.2) is 85.2 Å². The third-order valence-corrected chi connectivity index (χ3v) is 5.68. The molecule has 0 aliphatic carbocycles. The lowest BCUT2D eigenvalue weighted by atomic mass is 10.0. The first-order valence-corrected chi connectivity index (χ1v) is 11.0. The van der Waals surface area contributed by atoms with Gasteiger partial charge in [-0.2, -0.15) is 0 Å². The fraction of sp³-hybridized carbons (Fsp3) is 0.107. The second-order valence-electron chi connectivity index (χ2n) is 7.79. The van der Waals surface area contributed by atoms with Crippen molar-refractivity contribution >= 4 is 22.4 Å². The minimum Gasteiger partial charge on any atom is -0.497 e. The van der Waals surface area contributed by atoms with Gasteiger partial charge in [-0.3, -0.25) is 4.98 Å². The smallest absolute Gasteiger partial charge is 0.163 e. The van der Waals surface area contributed by atoms with Gasteiger partial charge in [-0.25, -0.2) is 9.97 Å². The number of rotatable bonds is 7. The molecule has 0 spiro atoms. The highest BCUT2D eigenvalue weighted by atomic mass is 16.5. The zero-order valence-electron chi connectivity index (χ0n) is 19.6. The molecule has 5 rings (SSSR count). The van der Waals surface area contributed by atoms with Crippen molar-refractivity contribution in [3.63, 3.8) is 0 Å². The lowest BCUT2D eigenvalue weighted by molar-refractivity contribution is 0.395. The van der Waals surface area contributed by atoms with Crippen molar-refractivity contribution < 1.29 is 14.2 Å². The summed E-state index contributed by atoms with van der Waals surface area (Å²) in [5.74, 6) is 3.38. The minimum atomic E-state index is 0.578. The van der Waals surface area contributed by atoms with Gasteiger partial charge < -0.3 is 19.5 Å². The molecule has 0 unspecified atom stereocenters. The number of ether oxygens (including phenoxy) is 3. The first-order valence-electron chi connectivity index (χ1n) is 11.0. The number of aromatic nitrogens is 3. The number of pyridine rings is 1. The van der Waals surface area contributed by atoms with Gasteiger partial charge in [0.25, 0.3) is 0 Å². The van der Waals surface area contributed by atoms with Crippen molar-refractivity contribution in [2.24, 2.45) is 0 Å². The number of fused-ring (bicyclic) bond motifs is 1. The monoisotopic (exact) mass is 464 g/mol. The van der Waals surface area contributed by atoms with E-state index in [-0.39, 0.29) is 0 Å². The predicted octanol–water partition coefficient (Wildman–Crippen LogP) is 6.13. The van der Waals surface area contributed by atoms with E-state index in [1.165, 1.54) is 0 Å². The molecule has 0 atom stereocenters. The number of methoxy groups -OCH3 is 3. The van der Waals surface area contributed by atoms with Gasteiger partial charge in [0.05, 0.1) is 32.5 Å². The molecule has 35 heavy (non-hydrogen) atoms. The van der Waals surface area contributed by atoms with Crippen molar-refractivity contribution in [2.75, 3.05) is 26.6 Å². The van der Waals surface area contributed by atoms with Crippen LogP contribution in [0.25, 0.3) is 33.4 Å². The first-order chi connectivity index (χ1) is 17.2. The Bertz CT molecular complexity index is 1490. The lowest BCUT2D eigenvalue weighted by Crippen LogP contribution is -2.01. The highest BCUT2D eigenvalue weighted by Crippen LogP contribution is 2.35. The lowest BCUT2D eigenvalue weighted by Gasteiger charge is -2.15. The number of nitrogens with one attached hydrogen (secondary N) is 1. The van der Waals surface area contributed by atoms with E-state index >= 15 is 0 Å². The van der Waals surface area contributed by atoms with E-state index in [4.69, 9.17) is 24.2 Å². The van der Waals surface area contributed by atoms with E-state index in [9.17, 15) is 0 Å². The van der Waals surface area contributed by atoms with E-state index in [1.54, 1.807) is 33.7 Å². The van der Waals surface area contributed by atoms with Crippen LogP contribution in [0.4, 0.5) is 11.5 Å². The molecule has 0 aliphatic heterocycles. The molecule has 0 amide bonds. The Morgan fingerprint density at radius 2 is 1.49 bits per heavy atom. The summed E-state index contributed by atoms with van der Waals surface area (Å²) < 4.78 is 16.3. The van der Waals surface area contributed by atoms with Crippen molar-refractivity contribution in [2.45, 2.75) is 0 Å². The van der Waals surface area contributed by atoms with Gasteiger partial charge in [-0.15, -0.1) is 0 Å². The molecule has 0 bridgehead atoms. The molecule has 7 heteroatoms. The van der Waals surface area contributed by atoms with Crippen LogP contribution in [0, 0.1) is 0 Å². The summed E-state index contributed by atoms with van der Waals surface area (Å²) in [6, 6.07) is 23.5. The van der Waals surface area contributed by atoms with E-state index in [0.717, 1.165) is 39.0 Å². The Balaban J connectivity index is 1.67. The SMILES string of the molecule is COc1cccc(-c2ccc3nc(-c4cccnc4)nc(Nc4ccc(OC)cc4OC)c3c2)c1. The molecule has 7 nitrogen and oxygen atoms in total. The van der Waals surface area contributed by atoms with E-state index in [0.29, 0.717) is 23.1 Å². The maximum absolute atomic E-state index is 5.60. The second kappa shape index (κ2) is 9.69. The van der Waals surface area contributed by atoms with Crippen LogP contribution < -0.4 is 19.5 Å². The second-order valence-corrected chi connectivity index (χ2v) is 7.79. The summed E-state index contributed by atoms with van der Waals surface area (Å²) in [5.41, 5.74) is 4.46. The van der Waals surface area contributed by atoms with Crippen LogP contribution >= 0.6 is 0 Å². The van der Waals surface area contributed by atoms with Crippen LogP contribution in [0.1, 0.15) is 0 Å². The molecule has 2 heterocycles. The molecular formula is C28H24N4O3. The minimum absolute atomic E-state index is 0.578. The van der Waals surface area contributed by atoms with Crippen LogP contribution in [-0.4, -0.2) is 36.3 Å². The van der Waals surface area contributed by atoms with E-state index in [1.807, 2.05) is 60.7 Å². The van der Waals surface area contributed by atoms with Crippen LogP contribution in [0.2, 0.25) is 0 Å². The van der Waals surface area contributed by atoms with Crippen molar-refractivity contribution in [3.8, 4) is 39.8 Å². The summed E-state index contributed by atoms with van der Waals surface area (Å²) in [6.07, 6.45) is 3.48. The molecule has 0 fully saturated rings. The molecule has 174 valence electrons. The number of hydrogen-bond acceptors (Lipinski definition) is 7. The normalized spacial score (nSPS) is 10.7. The summed E-state index contributed by atoms with van der Waals surface area (Å²) in [6.45, 7) is 0. The molecule has 5 aromatic rings. The molecule has 1 N–H and O–H groups in total. The zero-order valence-corrected chi connectivity index (χ0v) is 19.6. The molecule has 0 saturated heterocycles. The van der Waals surface area contributed by atoms with Gasteiger partial charge in [0.1, 0.15) is 23.1 Å². The molecule has 0 saturated carbocycles. The fourth-order valence-corrected chi connectivity index (χ4v) is 3.86. The van der Waals surface area contributed by atoms with Gasteiger partial charge in [-0.1, -0.05) is 18.2 Å². The number of anilines is 2. The maximum Gasteiger partial charge on any atom is 0.163 e. The Hall–Kier alpha value is -4.65. The van der Waals surface area contributed by atoms with E-state index < -0.39 is 0 Å². The van der Waals surface area contributed by atoms with Gasteiger partial charge in [0.2, 0.25) is 0 Å². The average molecular weight is 465 g/mol. The van der Waals surface area contributed by atoms with E-state index in [2.05, 4.69) is 22.4 Å². The van der Waals surface area contributed by atoms with Gasteiger partial charge in [0, 0.05) is 29.4 Å². The molecule has 3 aromatic carbocycles. The first kappa shape index (κ1) is 22.2. The number of hydrogen-bond donors (Lipinski definition) is 1. The third-order valence-electron chi connectivity index (χ3n) is 5.68. The van der Waals surface area contributed by atoms with Gasteiger partial charge >= 0.3 is 0 Å². The Kier molecular flexibility index (Phi) is 6.13. The summed E-state index contributed by atoms with van der Waals surface area (Å²) in [7, 11) is 4.91. The summed E-state index contributed by atoms with van der Waals surface area (Å²) in [5, 5.41) is 4.32. The topological polar surface area (TPSA) is 78.4 Å². The van der Waals surface area contributed by atoms with Crippen molar-refractivity contribution in [3.05, 3.63) is 85.2 Å². The molecule has 2 aromatic heterocycles. The van der Waals surface area contributed by atoms with Crippen LogP contribution in [-0.2, 0) is 0 Å². The summed E-state index contributed by atoms with van der Waals surface area (Å²) in [4.78, 5) is 13.9. The Morgan fingerprint density at radius 1 is 0.686 bits per heavy atom. The predicted molar refractivity (Wildman–Crippen MR) is 138 cm³/mol. The average Bonchev–Trinajstić information content (AvgIpc) is 2.93. The molecule has 0 radical (unpaired) electrons. The standard InChI is InChI=1S/C28H24N4O3/c1-33-21-8-4-6-18(14-21)19-9-11-24-23(15-19)28(32-27(30-24)20-7-5-13-29-17-20)31-25-12-10-22(34-2)16-26(25)35-3/h4-17H,1-3H3,(H,30,31,32). The van der Waals surface area contributed by atoms with Gasteiger partial charge in [-0.05, 0) is 59.7 Å². The largest absolute Gasteiger partial charge is 0.497 e. The van der Waals surface area contributed by atoms with Crippen LogP contribution in [0.5, 0.6) is 17.2 Å². The number of benzene rings is 3. The van der Waals surface area contributed by atoms with Crippen LogP contribution in [0.3, 0.4) is 0 Å². The third kappa shape index (κ3) is 4.56. The molecule has 0 aliphatic rings. The Labute approximate surface area is 203 Å². The highest BCUT2D eigenvalue weighted by Gasteiger charge is 2.14. The number of nitrogens with zero attached hydrogens (tertiary/aromatic N) is 3. The zero-order chi connectivity index (χ0) is 24.2. The summed E-state index contributed by atoms with van der Waals surface area (Å²) >= 11 is 0. The van der Waals surface area contributed by atoms with Gasteiger partial charge in [0.15, 0.2) is 5.82 Å². The Morgan fingerprint density at radius 3 is 2.26 bits per heavy atom. The van der Waals surface area contributed by atoms with Crippen molar-refractivity contribution in [1.82, 2.24) is 15.0 Å². The quantitative estimate of drug-likeness (QED) is 0.310. The fourth-order valence-electron chi connectivity index (χ4n) is 3.86. The molecular weight excluding hydrogens is 440 g/mol. The highest BCUT2D eigenvalue weighted by molar-refractivity contribution is 5.95.